The van der Waals surface area contributed by atoms with E-state index in [1.165, 1.54) is 0 Å². The highest BCUT2D eigenvalue weighted by Crippen LogP contribution is 2.19. The average molecular weight is 410 g/mol. The third kappa shape index (κ3) is 6.30. The maximum atomic E-state index is 12.7. The number of hydrogen-bond donors (Lipinski definition) is 3. The highest BCUT2D eigenvalue weighted by atomic mass is 16.5. The van der Waals surface area contributed by atoms with Crippen molar-refractivity contribution < 1.29 is 19.1 Å². The van der Waals surface area contributed by atoms with Crippen molar-refractivity contribution >= 4 is 23.7 Å². The van der Waals surface area contributed by atoms with Gasteiger partial charge in [0, 0.05) is 24.7 Å². The first kappa shape index (κ1) is 21.3. The summed E-state index contributed by atoms with van der Waals surface area (Å²) in [5.74, 6) is -1.17. The lowest BCUT2D eigenvalue weighted by molar-refractivity contribution is -0.151. The van der Waals surface area contributed by atoms with Crippen LogP contribution in [-0.4, -0.2) is 34.4 Å². The number of carbonyl (C=O) groups excluding carboxylic acids is 3. The number of H-pyrrole nitrogens is 1. The number of carbonyl (C=O) groups is 3. The minimum Gasteiger partial charge on any atom is -0.463 e. The molecule has 0 aliphatic carbocycles. The lowest BCUT2D eigenvalue weighted by Gasteiger charge is -2.21. The molecule has 30 heavy (non-hydrogen) atoms. The molecule has 1 aromatic heterocycles. The van der Waals surface area contributed by atoms with Gasteiger partial charge in [-0.2, -0.15) is 0 Å². The Labute approximate surface area is 175 Å². The van der Waals surface area contributed by atoms with Gasteiger partial charge in [0.2, 0.25) is 17.8 Å². The SMILES string of the molecule is Cc1cnc(NC(=O)C[C@@H]2C/C=C\CCC(=O)N[C@H](c3ccccc3)COC2=O)[nH]1. The molecule has 158 valence electrons. The average Bonchev–Trinajstić information content (AvgIpc) is 3.13. The summed E-state index contributed by atoms with van der Waals surface area (Å²) < 4.78 is 5.51. The molecule has 0 spiro atoms. The predicted molar refractivity (Wildman–Crippen MR) is 111 cm³/mol. The molecule has 0 unspecified atom stereocenters. The monoisotopic (exact) mass is 410 g/mol. The van der Waals surface area contributed by atoms with Gasteiger partial charge in [-0.1, -0.05) is 42.5 Å². The molecule has 2 atom stereocenters. The summed E-state index contributed by atoms with van der Waals surface area (Å²) in [6, 6.07) is 8.93. The Hall–Kier alpha value is -3.42. The van der Waals surface area contributed by atoms with Crippen LogP contribution in [0, 0.1) is 12.8 Å². The summed E-state index contributed by atoms with van der Waals surface area (Å²) >= 11 is 0. The molecule has 8 nitrogen and oxygen atoms in total. The number of aromatic nitrogens is 2. The van der Waals surface area contributed by atoms with E-state index in [0.29, 0.717) is 25.2 Å². The zero-order chi connectivity index (χ0) is 21.3. The molecular formula is C22H26N4O4. The smallest absolute Gasteiger partial charge is 0.309 e. The fourth-order valence-electron chi connectivity index (χ4n) is 3.20. The van der Waals surface area contributed by atoms with Gasteiger partial charge in [0.05, 0.1) is 12.0 Å². The first-order valence-corrected chi connectivity index (χ1v) is 9.98. The normalized spacial score (nSPS) is 21.5. The van der Waals surface area contributed by atoms with Crippen LogP contribution >= 0.6 is 0 Å². The maximum absolute atomic E-state index is 12.7. The molecule has 1 aromatic carbocycles. The molecular weight excluding hydrogens is 384 g/mol. The van der Waals surface area contributed by atoms with Crippen LogP contribution in [-0.2, 0) is 19.1 Å². The van der Waals surface area contributed by atoms with Crippen molar-refractivity contribution in [3.05, 3.63) is 59.9 Å². The Morgan fingerprint density at radius 3 is 2.77 bits per heavy atom. The van der Waals surface area contributed by atoms with Crippen LogP contribution in [0.3, 0.4) is 0 Å². The van der Waals surface area contributed by atoms with Crippen molar-refractivity contribution in [2.24, 2.45) is 5.92 Å². The third-order valence-electron chi connectivity index (χ3n) is 4.78. The molecule has 0 radical (unpaired) electrons. The first-order valence-electron chi connectivity index (χ1n) is 9.98. The number of ether oxygens (including phenoxy) is 1. The van der Waals surface area contributed by atoms with E-state index in [2.05, 4.69) is 20.6 Å². The van der Waals surface area contributed by atoms with Crippen LogP contribution < -0.4 is 10.6 Å². The summed E-state index contributed by atoms with van der Waals surface area (Å²) in [6.45, 7) is 1.84. The lowest BCUT2D eigenvalue weighted by Crippen LogP contribution is -2.33. The zero-order valence-corrected chi connectivity index (χ0v) is 16.9. The Bertz CT molecular complexity index is 907. The van der Waals surface area contributed by atoms with Crippen LogP contribution in [0.25, 0.3) is 0 Å². The number of nitrogens with one attached hydrogen (secondary N) is 3. The molecule has 2 aromatic rings. The van der Waals surface area contributed by atoms with E-state index in [-0.39, 0.29) is 24.8 Å². The number of hydrogen-bond acceptors (Lipinski definition) is 5. The van der Waals surface area contributed by atoms with Gasteiger partial charge in [-0.3, -0.25) is 19.7 Å². The third-order valence-corrected chi connectivity index (χ3v) is 4.78. The highest BCUT2D eigenvalue weighted by molar-refractivity contribution is 5.92. The molecule has 1 aliphatic rings. The van der Waals surface area contributed by atoms with E-state index in [9.17, 15) is 14.4 Å². The van der Waals surface area contributed by atoms with Gasteiger partial charge in [0.1, 0.15) is 6.61 Å². The maximum Gasteiger partial charge on any atom is 0.309 e. The number of rotatable bonds is 4. The second-order valence-electron chi connectivity index (χ2n) is 7.27. The number of cyclic esters (lactones) is 1. The minimum atomic E-state index is -0.621. The van der Waals surface area contributed by atoms with Crippen molar-refractivity contribution in [1.82, 2.24) is 15.3 Å². The van der Waals surface area contributed by atoms with Crippen LogP contribution in [0.1, 0.15) is 43.0 Å². The number of amides is 2. The molecule has 0 fully saturated rings. The van der Waals surface area contributed by atoms with Crippen molar-refractivity contribution in [3.8, 4) is 0 Å². The number of nitrogens with zero attached hydrogens (tertiary/aromatic N) is 1. The predicted octanol–water partition coefficient (Wildman–Crippen LogP) is 2.80. The quantitative estimate of drug-likeness (QED) is 0.530. The molecule has 0 saturated heterocycles. The molecule has 3 rings (SSSR count). The minimum absolute atomic E-state index is 0.00774. The van der Waals surface area contributed by atoms with Crippen molar-refractivity contribution in [2.45, 2.75) is 38.6 Å². The fraction of sp³-hybridized carbons (Fsp3) is 0.364. The first-order chi connectivity index (χ1) is 14.5. The number of esters is 1. The van der Waals surface area contributed by atoms with Gasteiger partial charge in [0.15, 0.2) is 0 Å². The van der Waals surface area contributed by atoms with Gasteiger partial charge < -0.3 is 15.0 Å². The Kier molecular flexibility index (Phi) is 7.37. The fourth-order valence-corrected chi connectivity index (χ4v) is 3.20. The second-order valence-corrected chi connectivity index (χ2v) is 7.27. The van der Waals surface area contributed by atoms with E-state index in [1.54, 1.807) is 6.20 Å². The molecule has 3 N–H and O–H groups in total. The molecule has 0 saturated carbocycles. The number of imidazole rings is 1. The van der Waals surface area contributed by atoms with Crippen LogP contribution in [0.4, 0.5) is 5.95 Å². The number of allylic oxidation sites excluding steroid dienone is 2. The van der Waals surface area contributed by atoms with Crippen molar-refractivity contribution in [2.75, 3.05) is 11.9 Å². The molecule has 1 aliphatic heterocycles. The van der Waals surface area contributed by atoms with E-state index in [0.717, 1.165) is 11.3 Å². The van der Waals surface area contributed by atoms with Gasteiger partial charge >= 0.3 is 5.97 Å². The summed E-state index contributed by atoms with van der Waals surface area (Å²) in [6.07, 6.45) is 6.53. The Morgan fingerprint density at radius 1 is 1.23 bits per heavy atom. The molecule has 2 heterocycles. The van der Waals surface area contributed by atoms with E-state index in [4.69, 9.17) is 4.74 Å². The summed E-state index contributed by atoms with van der Waals surface area (Å²) in [4.78, 5) is 44.3. The lowest BCUT2D eigenvalue weighted by atomic mass is 10.00. The highest BCUT2D eigenvalue weighted by Gasteiger charge is 2.25. The summed E-state index contributed by atoms with van der Waals surface area (Å²) in [5.41, 5.74) is 1.68. The van der Waals surface area contributed by atoms with Gasteiger partial charge in [-0.25, -0.2) is 4.98 Å². The molecule has 0 bridgehead atoms. The van der Waals surface area contributed by atoms with Crippen LogP contribution in [0.5, 0.6) is 0 Å². The number of aryl methyl sites for hydroxylation is 1. The molecule has 2 amide bonds. The molecule has 8 heteroatoms. The second kappa shape index (κ2) is 10.4. The summed E-state index contributed by atoms with van der Waals surface area (Å²) in [7, 11) is 0. The van der Waals surface area contributed by atoms with Crippen molar-refractivity contribution in [1.29, 1.82) is 0 Å². The van der Waals surface area contributed by atoms with Crippen LogP contribution in [0.15, 0.2) is 48.7 Å². The van der Waals surface area contributed by atoms with E-state index >= 15 is 0 Å². The number of anilines is 1. The zero-order valence-electron chi connectivity index (χ0n) is 16.9. The van der Waals surface area contributed by atoms with E-state index < -0.39 is 17.9 Å². The Morgan fingerprint density at radius 2 is 2.03 bits per heavy atom. The van der Waals surface area contributed by atoms with Gasteiger partial charge in [-0.15, -0.1) is 0 Å². The topological polar surface area (TPSA) is 113 Å². The Balaban J connectivity index is 1.68. The van der Waals surface area contributed by atoms with Gasteiger partial charge in [0.25, 0.3) is 0 Å². The van der Waals surface area contributed by atoms with Gasteiger partial charge in [-0.05, 0) is 25.3 Å². The number of benzene rings is 1. The van der Waals surface area contributed by atoms with E-state index in [1.807, 2.05) is 49.4 Å². The summed E-state index contributed by atoms with van der Waals surface area (Å²) in [5, 5.41) is 5.58. The van der Waals surface area contributed by atoms with Crippen LogP contribution in [0.2, 0.25) is 0 Å². The number of aromatic amines is 1. The van der Waals surface area contributed by atoms with Crippen molar-refractivity contribution in [3.63, 3.8) is 0 Å². The largest absolute Gasteiger partial charge is 0.463 e. The standard InChI is InChI=1S/C22H26N4O4/c1-15-13-23-22(24-15)26-20(28)12-17-10-6-3-7-11-19(27)25-18(14-30-21(17)29)16-8-4-2-5-9-16/h2-6,8-9,13,17-18H,7,10-12,14H2,1H3,(H,25,27)(H2,23,24,26,28)/b6-3-/t17-,18-/m0/s1.